The van der Waals surface area contributed by atoms with Crippen LogP contribution in [0.1, 0.15) is 67.7 Å². The molecule has 0 aromatic heterocycles. The summed E-state index contributed by atoms with van der Waals surface area (Å²) in [6.07, 6.45) is -0.112. The molecule has 152 valence electrons. The van der Waals surface area contributed by atoms with Crippen molar-refractivity contribution >= 4 is 11.8 Å². The van der Waals surface area contributed by atoms with E-state index in [1.807, 2.05) is 27.7 Å². The molecule has 2 N–H and O–H groups in total. The molecule has 1 aliphatic heterocycles. The third-order valence-corrected chi connectivity index (χ3v) is 6.24. The lowest BCUT2D eigenvalue weighted by Crippen LogP contribution is -2.43. The number of cyclic esters (lactones) is 1. The van der Waals surface area contributed by atoms with Gasteiger partial charge in [-0.3, -0.25) is 9.59 Å². The van der Waals surface area contributed by atoms with Gasteiger partial charge in [0, 0.05) is 17.8 Å². The van der Waals surface area contributed by atoms with E-state index in [9.17, 15) is 19.8 Å². The number of ether oxygens (including phenoxy) is 1. The number of esters is 1. The molecule has 0 bridgehead atoms. The molecule has 5 heteroatoms. The number of hydrogen-bond donors (Lipinski definition) is 2. The lowest BCUT2D eigenvalue weighted by Gasteiger charge is -2.34. The first-order valence-electron chi connectivity index (χ1n) is 10.1. The first-order valence-corrected chi connectivity index (χ1v) is 10.1. The molecule has 0 aromatic carbocycles. The number of Topliss-reactive ketones (excluding diaryl/α,β-unsaturated/α-hetero) is 1. The molecule has 0 amide bonds. The van der Waals surface area contributed by atoms with Gasteiger partial charge in [0.15, 0.2) is 0 Å². The Hall–Kier alpha value is -0.940. The molecule has 5 nitrogen and oxygen atoms in total. The normalized spacial score (nSPS) is 44.3. The van der Waals surface area contributed by atoms with Gasteiger partial charge in [0.2, 0.25) is 0 Å². The maximum absolute atomic E-state index is 12.8. The number of hydrogen-bond acceptors (Lipinski definition) is 5. The van der Waals surface area contributed by atoms with Crippen molar-refractivity contribution in [3.05, 3.63) is 0 Å². The van der Waals surface area contributed by atoms with E-state index in [0.29, 0.717) is 6.42 Å². The summed E-state index contributed by atoms with van der Waals surface area (Å²) in [7, 11) is 0. The van der Waals surface area contributed by atoms with Gasteiger partial charge < -0.3 is 14.9 Å². The minimum absolute atomic E-state index is 0.0519. The fourth-order valence-electron chi connectivity index (χ4n) is 4.33. The molecule has 1 aliphatic rings. The summed E-state index contributed by atoms with van der Waals surface area (Å²) in [5.41, 5.74) is 0. The lowest BCUT2D eigenvalue weighted by atomic mass is 9.78. The fraction of sp³-hybridized carbons (Fsp3) is 0.905. The van der Waals surface area contributed by atoms with Crippen LogP contribution in [0.4, 0.5) is 0 Å². The van der Waals surface area contributed by atoms with E-state index in [-0.39, 0.29) is 29.5 Å². The van der Waals surface area contributed by atoms with Crippen LogP contribution in [0.15, 0.2) is 0 Å². The zero-order chi connectivity index (χ0) is 20.2. The number of carbonyl (C=O) groups excluding carboxylic acids is 2. The second-order valence-corrected chi connectivity index (χ2v) is 8.66. The van der Waals surface area contributed by atoms with E-state index < -0.39 is 36.1 Å². The van der Waals surface area contributed by atoms with Crippen LogP contribution >= 0.6 is 0 Å². The van der Waals surface area contributed by atoms with E-state index in [4.69, 9.17) is 4.74 Å². The Balaban J connectivity index is 3.14. The van der Waals surface area contributed by atoms with Crippen molar-refractivity contribution in [3.8, 4) is 0 Å². The number of ketones is 1. The summed E-state index contributed by atoms with van der Waals surface area (Å²) >= 11 is 0. The third kappa shape index (κ3) is 5.53. The van der Waals surface area contributed by atoms with Gasteiger partial charge in [0.25, 0.3) is 0 Å². The molecule has 9 atom stereocenters. The van der Waals surface area contributed by atoms with Crippen molar-refractivity contribution < 1.29 is 24.5 Å². The minimum atomic E-state index is -0.861. The molecule has 1 rings (SSSR count). The highest BCUT2D eigenvalue weighted by molar-refractivity contribution is 5.83. The van der Waals surface area contributed by atoms with Gasteiger partial charge in [0.1, 0.15) is 11.9 Å². The molecule has 1 fully saturated rings. The van der Waals surface area contributed by atoms with E-state index >= 15 is 0 Å². The summed E-state index contributed by atoms with van der Waals surface area (Å²) in [4.78, 5) is 25.3. The molecule has 1 saturated heterocycles. The molecular weight excluding hydrogens is 332 g/mol. The highest BCUT2D eigenvalue weighted by Gasteiger charge is 2.37. The molecule has 0 unspecified atom stereocenters. The van der Waals surface area contributed by atoms with Crippen molar-refractivity contribution in [2.75, 3.05) is 0 Å². The number of aliphatic hydroxyl groups excluding tert-OH is 2. The first-order chi connectivity index (χ1) is 12.0. The summed E-state index contributed by atoms with van der Waals surface area (Å²) in [5.74, 6) is -1.80. The van der Waals surface area contributed by atoms with Gasteiger partial charge in [0.05, 0.1) is 18.1 Å². The van der Waals surface area contributed by atoms with Crippen LogP contribution < -0.4 is 0 Å². The van der Waals surface area contributed by atoms with Crippen molar-refractivity contribution in [2.45, 2.75) is 86.0 Å². The molecule has 26 heavy (non-hydrogen) atoms. The van der Waals surface area contributed by atoms with E-state index in [0.717, 1.165) is 12.8 Å². The van der Waals surface area contributed by atoms with Gasteiger partial charge in [-0.25, -0.2) is 0 Å². The minimum Gasteiger partial charge on any atom is -0.462 e. The third-order valence-electron chi connectivity index (χ3n) is 6.24. The summed E-state index contributed by atoms with van der Waals surface area (Å²) in [6.45, 7) is 13.1. The molecule has 0 aromatic rings. The maximum atomic E-state index is 12.8. The van der Waals surface area contributed by atoms with Crippen molar-refractivity contribution in [3.63, 3.8) is 0 Å². The number of carbonyl (C=O) groups is 2. The molecule has 0 saturated carbocycles. The molecular formula is C21H38O5. The van der Waals surface area contributed by atoms with Crippen molar-refractivity contribution in [1.82, 2.24) is 0 Å². The SMILES string of the molecule is CC[C@H]1OC(=O)[C@H](C)[C@@H](O)[C@H](C)C[C@@H](C)C[C@@H](C)C(=O)[C@H](C)[C@@H](O)[C@H]1C. The smallest absolute Gasteiger partial charge is 0.311 e. The summed E-state index contributed by atoms with van der Waals surface area (Å²) < 4.78 is 5.63. The van der Waals surface area contributed by atoms with Gasteiger partial charge in [-0.15, -0.1) is 0 Å². The monoisotopic (exact) mass is 370 g/mol. The predicted molar refractivity (Wildman–Crippen MR) is 101 cm³/mol. The summed E-state index contributed by atoms with van der Waals surface area (Å²) in [6, 6.07) is 0. The Bertz CT molecular complexity index is 477. The van der Waals surface area contributed by atoms with E-state index in [1.165, 1.54) is 0 Å². The predicted octanol–water partition coefficient (Wildman–Crippen LogP) is 3.21. The second-order valence-electron chi connectivity index (χ2n) is 8.66. The second kappa shape index (κ2) is 9.84. The Morgan fingerprint density at radius 1 is 0.923 bits per heavy atom. The molecule has 0 aliphatic carbocycles. The topological polar surface area (TPSA) is 83.8 Å². The van der Waals surface area contributed by atoms with Gasteiger partial charge in [-0.05, 0) is 38.0 Å². The Labute approximate surface area is 158 Å². The summed E-state index contributed by atoms with van der Waals surface area (Å²) in [5, 5.41) is 21.3. The number of rotatable bonds is 1. The highest BCUT2D eigenvalue weighted by Crippen LogP contribution is 2.30. The Morgan fingerprint density at radius 3 is 2.04 bits per heavy atom. The average Bonchev–Trinajstić information content (AvgIpc) is 2.60. The van der Waals surface area contributed by atoms with Crippen LogP contribution in [0, 0.1) is 35.5 Å². The molecule has 0 radical (unpaired) electrons. The largest absolute Gasteiger partial charge is 0.462 e. The average molecular weight is 371 g/mol. The van der Waals surface area contributed by atoms with E-state index in [1.54, 1.807) is 13.8 Å². The van der Waals surface area contributed by atoms with E-state index in [2.05, 4.69) is 6.92 Å². The van der Waals surface area contributed by atoms with Crippen LogP contribution in [-0.2, 0) is 14.3 Å². The van der Waals surface area contributed by atoms with Gasteiger partial charge in [-0.1, -0.05) is 41.5 Å². The Morgan fingerprint density at radius 2 is 1.50 bits per heavy atom. The van der Waals surface area contributed by atoms with Crippen LogP contribution in [0.5, 0.6) is 0 Å². The van der Waals surface area contributed by atoms with Gasteiger partial charge >= 0.3 is 5.97 Å². The molecule has 1 heterocycles. The molecule has 0 spiro atoms. The standard InChI is InChI=1S/C21H38O5/c1-8-17-14(5)20(24)15(6)18(22)12(3)9-11(2)10-13(4)19(23)16(7)21(25)26-17/h11-17,19-20,23-24H,8-10H2,1-7H3/t11-,12+,13+,14-,15-,16+,17+,19-,20-/m0/s1. The first kappa shape index (κ1) is 23.1. The van der Waals surface area contributed by atoms with Crippen LogP contribution in [0.3, 0.4) is 0 Å². The highest BCUT2D eigenvalue weighted by atomic mass is 16.5. The van der Waals surface area contributed by atoms with Crippen LogP contribution in [-0.4, -0.2) is 40.3 Å². The zero-order valence-electron chi connectivity index (χ0n) is 17.4. The van der Waals surface area contributed by atoms with Crippen LogP contribution in [0.2, 0.25) is 0 Å². The van der Waals surface area contributed by atoms with Crippen molar-refractivity contribution in [1.29, 1.82) is 0 Å². The zero-order valence-corrected chi connectivity index (χ0v) is 17.4. The number of aliphatic hydroxyl groups is 2. The quantitative estimate of drug-likeness (QED) is 0.693. The Kier molecular flexibility index (Phi) is 8.74. The lowest BCUT2D eigenvalue weighted by molar-refractivity contribution is -0.164. The van der Waals surface area contributed by atoms with Gasteiger partial charge in [-0.2, -0.15) is 0 Å². The van der Waals surface area contributed by atoms with Crippen LogP contribution in [0.25, 0.3) is 0 Å². The fourth-order valence-corrected chi connectivity index (χ4v) is 4.33. The van der Waals surface area contributed by atoms with Crippen molar-refractivity contribution in [2.24, 2.45) is 35.5 Å². The maximum Gasteiger partial charge on any atom is 0.311 e.